The Morgan fingerprint density at radius 3 is 2.54 bits per heavy atom. The molecule has 0 saturated carbocycles. The van der Waals surface area contributed by atoms with Crippen LogP contribution in [0.2, 0.25) is 10.0 Å². The first-order valence-corrected chi connectivity index (χ1v) is 8.68. The van der Waals surface area contributed by atoms with Crippen molar-refractivity contribution in [2.75, 3.05) is 0 Å². The number of aryl methyl sites for hydroxylation is 1. The average molecular weight is 385 g/mol. The molecule has 2 nitrogen and oxygen atoms in total. The summed E-state index contributed by atoms with van der Waals surface area (Å²) < 4.78 is 15.4. The SMILES string of the molecule is Cc1cc(/C=C(/C#N)c2cccc(Cl)c2)c(C)n1-c1ccc(F)c(Cl)c1. The maximum Gasteiger partial charge on any atom is 0.141 e. The Bertz CT molecular complexity index is 1060. The van der Waals surface area contributed by atoms with E-state index < -0.39 is 5.82 Å². The molecule has 0 amide bonds. The molecular weight excluding hydrogens is 370 g/mol. The Balaban J connectivity index is 2.10. The molecular formula is C21H15Cl2FN2. The van der Waals surface area contributed by atoms with Crippen LogP contribution in [-0.4, -0.2) is 4.57 Å². The lowest BCUT2D eigenvalue weighted by molar-refractivity contribution is 0.627. The van der Waals surface area contributed by atoms with Gasteiger partial charge in [-0.3, -0.25) is 0 Å². The number of rotatable bonds is 3. The van der Waals surface area contributed by atoms with Crippen LogP contribution in [0.15, 0.2) is 48.5 Å². The molecule has 0 aliphatic heterocycles. The highest BCUT2D eigenvalue weighted by atomic mass is 35.5. The van der Waals surface area contributed by atoms with E-state index in [1.54, 1.807) is 24.3 Å². The fourth-order valence-corrected chi connectivity index (χ4v) is 3.31. The summed E-state index contributed by atoms with van der Waals surface area (Å²) in [6, 6.07) is 16.0. The quantitative estimate of drug-likeness (QED) is 0.467. The highest BCUT2D eigenvalue weighted by molar-refractivity contribution is 6.31. The molecule has 0 radical (unpaired) electrons. The summed E-state index contributed by atoms with van der Waals surface area (Å²) in [6.07, 6.45) is 1.83. The molecule has 3 aromatic rings. The van der Waals surface area contributed by atoms with E-state index in [2.05, 4.69) is 6.07 Å². The lowest BCUT2D eigenvalue weighted by Gasteiger charge is -2.10. The standard InChI is InChI=1S/C21H15Cl2FN2/c1-13-8-16(9-17(12-25)15-4-3-5-18(22)10-15)14(2)26(13)19-6-7-21(24)20(23)11-19/h3-11H,1-2H3/b17-9-. The van der Waals surface area contributed by atoms with Crippen LogP contribution in [0.4, 0.5) is 4.39 Å². The zero-order valence-corrected chi connectivity index (χ0v) is 15.7. The summed E-state index contributed by atoms with van der Waals surface area (Å²) in [7, 11) is 0. The van der Waals surface area contributed by atoms with Crippen molar-refractivity contribution in [2.45, 2.75) is 13.8 Å². The summed E-state index contributed by atoms with van der Waals surface area (Å²) in [4.78, 5) is 0. The van der Waals surface area contributed by atoms with Gasteiger partial charge in [0.15, 0.2) is 0 Å². The number of aromatic nitrogens is 1. The van der Waals surface area contributed by atoms with Crippen molar-refractivity contribution in [3.05, 3.63) is 86.9 Å². The van der Waals surface area contributed by atoms with Gasteiger partial charge in [0.05, 0.1) is 16.7 Å². The van der Waals surface area contributed by atoms with E-state index in [4.69, 9.17) is 23.2 Å². The molecule has 0 unspecified atom stereocenters. The second kappa shape index (κ2) is 7.37. The summed E-state index contributed by atoms with van der Waals surface area (Å²) in [5.74, 6) is -0.453. The predicted octanol–water partition coefficient (Wildman–Crippen LogP) is 6.60. The van der Waals surface area contributed by atoms with Crippen molar-refractivity contribution in [1.29, 1.82) is 5.26 Å². The molecule has 26 heavy (non-hydrogen) atoms. The van der Waals surface area contributed by atoms with Gasteiger partial charge in [0.1, 0.15) is 5.82 Å². The van der Waals surface area contributed by atoms with E-state index in [9.17, 15) is 9.65 Å². The van der Waals surface area contributed by atoms with Crippen molar-refractivity contribution < 1.29 is 4.39 Å². The number of nitrogens with zero attached hydrogens (tertiary/aromatic N) is 2. The smallest absolute Gasteiger partial charge is 0.141 e. The zero-order chi connectivity index (χ0) is 18.8. The summed E-state index contributed by atoms with van der Waals surface area (Å²) >= 11 is 12.0. The van der Waals surface area contributed by atoms with Gasteiger partial charge in [0.25, 0.3) is 0 Å². The van der Waals surface area contributed by atoms with Crippen molar-refractivity contribution in [3.8, 4) is 11.8 Å². The molecule has 5 heteroatoms. The molecule has 0 spiro atoms. The van der Waals surface area contributed by atoms with Gasteiger partial charge in [-0.1, -0.05) is 35.3 Å². The van der Waals surface area contributed by atoms with E-state index in [0.29, 0.717) is 10.6 Å². The maximum atomic E-state index is 13.5. The Hall–Kier alpha value is -2.54. The normalized spacial score (nSPS) is 11.5. The minimum atomic E-state index is -0.453. The minimum Gasteiger partial charge on any atom is -0.318 e. The van der Waals surface area contributed by atoms with Gasteiger partial charge >= 0.3 is 0 Å². The zero-order valence-electron chi connectivity index (χ0n) is 14.2. The van der Waals surface area contributed by atoms with Crippen LogP contribution >= 0.6 is 23.2 Å². The summed E-state index contributed by atoms with van der Waals surface area (Å²) in [5.41, 5.74) is 4.84. The third-order valence-corrected chi connectivity index (χ3v) is 4.71. The Kier molecular flexibility index (Phi) is 5.18. The summed E-state index contributed by atoms with van der Waals surface area (Å²) in [6.45, 7) is 3.90. The number of allylic oxidation sites excluding steroid dienone is 1. The monoisotopic (exact) mass is 384 g/mol. The van der Waals surface area contributed by atoms with E-state index in [0.717, 1.165) is 28.2 Å². The molecule has 0 N–H and O–H groups in total. The Labute approximate surface area is 161 Å². The van der Waals surface area contributed by atoms with Crippen LogP contribution < -0.4 is 0 Å². The first-order chi connectivity index (χ1) is 12.4. The molecule has 1 aromatic heterocycles. The number of benzene rings is 2. The topological polar surface area (TPSA) is 28.7 Å². The van der Waals surface area contributed by atoms with Gasteiger partial charge in [-0.05, 0) is 67.4 Å². The largest absolute Gasteiger partial charge is 0.318 e. The van der Waals surface area contributed by atoms with Crippen LogP contribution in [0.5, 0.6) is 0 Å². The fraction of sp³-hybridized carbons (Fsp3) is 0.0952. The molecule has 0 saturated heterocycles. The van der Waals surface area contributed by atoms with Gasteiger partial charge in [0, 0.05) is 22.1 Å². The fourth-order valence-electron chi connectivity index (χ4n) is 2.95. The van der Waals surface area contributed by atoms with E-state index in [1.807, 2.05) is 42.7 Å². The van der Waals surface area contributed by atoms with Gasteiger partial charge in [0.2, 0.25) is 0 Å². The molecule has 130 valence electrons. The third kappa shape index (κ3) is 3.53. The number of nitriles is 1. The predicted molar refractivity (Wildman–Crippen MR) is 105 cm³/mol. The Morgan fingerprint density at radius 2 is 1.88 bits per heavy atom. The van der Waals surface area contributed by atoms with Gasteiger partial charge in [-0.2, -0.15) is 5.26 Å². The number of hydrogen-bond donors (Lipinski definition) is 0. The van der Waals surface area contributed by atoms with E-state index >= 15 is 0 Å². The van der Waals surface area contributed by atoms with Gasteiger partial charge in [-0.25, -0.2) is 4.39 Å². The highest BCUT2D eigenvalue weighted by Gasteiger charge is 2.12. The second-order valence-electron chi connectivity index (χ2n) is 5.94. The second-order valence-corrected chi connectivity index (χ2v) is 6.78. The van der Waals surface area contributed by atoms with Crippen molar-refractivity contribution in [3.63, 3.8) is 0 Å². The van der Waals surface area contributed by atoms with Crippen molar-refractivity contribution in [2.24, 2.45) is 0 Å². The third-order valence-electron chi connectivity index (χ3n) is 4.19. The maximum absolute atomic E-state index is 13.5. The van der Waals surface area contributed by atoms with Crippen LogP contribution in [0.25, 0.3) is 17.3 Å². The number of halogens is 3. The van der Waals surface area contributed by atoms with Crippen LogP contribution in [0.3, 0.4) is 0 Å². The van der Waals surface area contributed by atoms with Crippen molar-refractivity contribution >= 4 is 34.9 Å². The van der Waals surface area contributed by atoms with E-state index in [-0.39, 0.29) is 5.02 Å². The molecule has 2 aromatic carbocycles. The van der Waals surface area contributed by atoms with Crippen LogP contribution in [-0.2, 0) is 0 Å². The molecule has 0 fully saturated rings. The van der Waals surface area contributed by atoms with Crippen LogP contribution in [0.1, 0.15) is 22.5 Å². The average Bonchev–Trinajstić information content (AvgIpc) is 2.89. The van der Waals surface area contributed by atoms with Crippen molar-refractivity contribution in [1.82, 2.24) is 4.57 Å². The lowest BCUT2D eigenvalue weighted by Crippen LogP contribution is -1.99. The molecule has 0 aliphatic rings. The molecule has 0 aliphatic carbocycles. The first-order valence-electron chi connectivity index (χ1n) is 7.93. The minimum absolute atomic E-state index is 0.0729. The lowest BCUT2D eigenvalue weighted by atomic mass is 10.0. The number of hydrogen-bond acceptors (Lipinski definition) is 1. The van der Waals surface area contributed by atoms with Gasteiger partial charge < -0.3 is 4.57 Å². The summed E-state index contributed by atoms with van der Waals surface area (Å²) in [5, 5.41) is 10.2. The van der Waals surface area contributed by atoms with E-state index in [1.165, 1.54) is 6.07 Å². The molecule has 0 bridgehead atoms. The highest BCUT2D eigenvalue weighted by Crippen LogP contribution is 2.28. The first kappa shape index (κ1) is 18.3. The van der Waals surface area contributed by atoms with Gasteiger partial charge in [-0.15, -0.1) is 0 Å². The van der Waals surface area contributed by atoms with Crippen LogP contribution in [0, 0.1) is 31.0 Å². The Morgan fingerprint density at radius 1 is 1.12 bits per heavy atom. The molecule has 1 heterocycles. The molecule has 0 atom stereocenters. The molecule has 3 rings (SSSR count).